The van der Waals surface area contributed by atoms with E-state index in [2.05, 4.69) is 23.4 Å². The number of rotatable bonds is 2. The minimum absolute atomic E-state index is 0.0798. The fourth-order valence-corrected chi connectivity index (χ4v) is 1.33. The first-order valence-electron chi connectivity index (χ1n) is 3.20. The number of aliphatic imine (C=N–C) groups is 1. The van der Waals surface area contributed by atoms with Crippen LogP contribution in [0.4, 0.5) is 5.69 Å². The minimum atomic E-state index is -0.0798. The first-order valence-corrected chi connectivity index (χ1v) is 5.07. The molecule has 0 radical (unpaired) electrons. The molecule has 0 saturated carbocycles. The highest BCUT2D eigenvalue weighted by molar-refractivity contribution is 8.75. The van der Waals surface area contributed by atoms with Gasteiger partial charge in [0.25, 0.3) is 0 Å². The van der Waals surface area contributed by atoms with Gasteiger partial charge in [-0.2, -0.15) is 0 Å². The van der Waals surface area contributed by atoms with Gasteiger partial charge in [-0.05, 0) is 29.6 Å². The Kier molecular flexibility index (Phi) is 3.37. The van der Waals surface area contributed by atoms with Gasteiger partial charge in [0.15, 0.2) is 0 Å². The average Bonchev–Trinajstić information content (AvgIpc) is 2.17. The molecule has 0 spiro atoms. The van der Waals surface area contributed by atoms with Crippen LogP contribution in [0.5, 0.6) is 0 Å². The number of nitrogens with zero attached hydrogens (tertiary/aromatic N) is 1. The van der Waals surface area contributed by atoms with Crippen LogP contribution in [0.2, 0.25) is 0 Å². The molecule has 0 aliphatic carbocycles. The van der Waals surface area contributed by atoms with Crippen molar-refractivity contribution >= 4 is 40.0 Å². The predicted octanol–water partition coefficient (Wildman–Crippen LogP) is 2.74. The summed E-state index contributed by atoms with van der Waals surface area (Å²) in [5, 5.41) is -0.0798. The Morgan fingerprint density at radius 1 is 1.58 bits per heavy atom. The molecule has 0 fully saturated rings. The second kappa shape index (κ2) is 4.33. The molecule has 2 nitrogen and oxygen atoms in total. The molecule has 62 valence electrons. The van der Waals surface area contributed by atoms with Crippen LogP contribution in [0.3, 0.4) is 0 Å². The Bertz CT molecular complexity index is 312. The molecule has 0 aliphatic rings. The third kappa shape index (κ3) is 2.12. The largest absolute Gasteiger partial charge is 0.281 e. The van der Waals surface area contributed by atoms with Crippen molar-refractivity contribution in [1.82, 2.24) is 0 Å². The molecule has 4 heteroatoms. The van der Waals surface area contributed by atoms with E-state index < -0.39 is 0 Å². The summed E-state index contributed by atoms with van der Waals surface area (Å²) in [4.78, 5) is 14.8. The smallest absolute Gasteiger partial charge is 0.229 e. The van der Waals surface area contributed by atoms with E-state index in [9.17, 15) is 4.79 Å². The SMILES string of the molecule is C=Nc1cccc(C(=O)SS)c1. The second-order valence-electron chi connectivity index (χ2n) is 2.09. The third-order valence-corrected chi connectivity index (χ3v) is 2.25. The van der Waals surface area contributed by atoms with Crippen LogP contribution in [0.25, 0.3) is 0 Å². The molecule has 0 bridgehead atoms. The standard InChI is InChI=1S/C8H7NOS2/c1-9-7-4-2-3-6(5-7)8(10)12-11/h2-5,11H,1H2. The van der Waals surface area contributed by atoms with Crippen LogP contribution < -0.4 is 0 Å². The van der Waals surface area contributed by atoms with Crippen molar-refractivity contribution in [3.63, 3.8) is 0 Å². The van der Waals surface area contributed by atoms with E-state index in [4.69, 9.17) is 0 Å². The van der Waals surface area contributed by atoms with Crippen LogP contribution in [-0.2, 0) is 0 Å². The molecule has 1 aromatic rings. The number of hydrogen-bond donors (Lipinski definition) is 1. The van der Waals surface area contributed by atoms with Crippen molar-refractivity contribution in [3.8, 4) is 0 Å². The predicted molar refractivity (Wildman–Crippen MR) is 56.6 cm³/mol. The Balaban J connectivity index is 3.01. The zero-order valence-corrected chi connectivity index (χ0v) is 7.94. The monoisotopic (exact) mass is 197 g/mol. The summed E-state index contributed by atoms with van der Waals surface area (Å²) >= 11 is 3.81. The molecule has 1 aromatic carbocycles. The van der Waals surface area contributed by atoms with E-state index in [-0.39, 0.29) is 5.12 Å². The first kappa shape index (κ1) is 9.35. The van der Waals surface area contributed by atoms with Gasteiger partial charge < -0.3 is 0 Å². The van der Waals surface area contributed by atoms with Crippen molar-refractivity contribution in [2.75, 3.05) is 0 Å². The Labute approximate surface area is 79.9 Å². The van der Waals surface area contributed by atoms with Gasteiger partial charge in [-0.1, -0.05) is 12.1 Å². The fraction of sp³-hybridized carbons (Fsp3) is 0. The van der Waals surface area contributed by atoms with Crippen LogP contribution in [-0.4, -0.2) is 11.8 Å². The van der Waals surface area contributed by atoms with Gasteiger partial charge in [0, 0.05) is 5.56 Å². The van der Waals surface area contributed by atoms with E-state index in [0.29, 0.717) is 11.3 Å². The summed E-state index contributed by atoms with van der Waals surface area (Å²) in [5.74, 6) is 0. The molecular weight excluding hydrogens is 190 g/mol. The van der Waals surface area contributed by atoms with Crippen molar-refractivity contribution in [2.24, 2.45) is 4.99 Å². The lowest BCUT2D eigenvalue weighted by Gasteiger charge is -1.96. The van der Waals surface area contributed by atoms with Gasteiger partial charge in [0.2, 0.25) is 5.12 Å². The summed E-state index contributed by atoms with van der Waals surface area (Å²) < 4.78 is 0. The van der Waals surface area contributed by atoms with Gasteiger partial charge in [-0.15, -0.1) is 11.7 Å². The van der Waals surface area contributed by atoms with Crippen LogP contribution in [0.15, 0.2) is 29.3 Å². The van der Waals surface area contributed by atoms with Crippen molar-refractivity contribution in [1.29, 1.82) is 0 Å². The summed E-state index contributed by atoms with van der Waals surface area (Å²) in [6, 6.07) is 6.95. The highest BCUT2D eigenvalue weighted by Crippen LogP contribution is 2.19. The van der Waals surface area contributed by atoms with Crippen molar-refractivity contribution < 1.29 is 4.79 Å². The first-order chi connectivity index (χ1) is 5.77. The Morgan fingerprint density at radius 2 is 2.33 bits per heavy atom. The van der Waals surface area contributed by atoms with Gasteiger partial charge in [0.1, 0.15) is 0 Å². The molecule has 0 N–H and O–H groups in total. The maximum absolute atomic E-state index is 11.1. The van der Waals surface area contributed by atoms with Crippen molar-refractivity contribution in [3.05, 3.63) is 29.8 Å². The summed E-state index contributed by atoms with van der Waals surface area (Å²) in [7, 11) is 0.891. The van der Waals surface area contributed by atoms with Gasteiger partial charge in [-0.25, -0.2) is 0 Å². The molecule has 0 unspecified atom stereocenters. The van der Waals surface area contributed by atoms with E-state index >= 15 is 0 Å². The second-order valence-corrected chi connectivity index (χ2v) is 3.19. The van der Waals surface area contributed by atoms with Crippen LogP contribution in [0, 0.1) is 0 Å². The highest BCUT2D eigenvalue weighted by Gasteiger charge is 2.03. The molecule has 0 aromatic heterocycles. The molecule has 0 atom stereocenters. The average molecular weight is 197 g/mol. The quantitative estimate of drug-likeness (QED) is 0.449. The molecule has 0 amide bonds. The maximum Gasteiger partial charge on any atom is 0.229 e. The lowest BCUT2D eigenvalue weighted by molar-refractivity contribution is 0.109. The lowest BCUT2D eigenvalue weighted by Crippen LogP contribution is -1.88. The fourth-order valence-electron chi connectivity index (χ4n) is 0.784. The zero-order chi connectivity index (χ0) is 8.97. The van der Waals surface area contributed by atoms with Gasteiger partial charge in [0.05, 0.1) is 5.69 Å². The Morgan fingerprint density at radius 3 is 2.92 bits per heavy atom. The maximum atomic E-state index is 11.1. The van der Waals surface area contributed by atoms with Gasteiger partial charge in [-0.3, -0.25) is 9.79 Å². The van der Waals surface area contributed by atoms with Crippen LogP contribution in [0.1, 0.15) is 10.4 Å². The molecule has 12 heavy (non-hydrogen) atoms. The summed E-state index contributed by atoms with van der Waals surface area (Å²) in [5.41, 5.74) is 1.29. The number of thiol groups is 1. The number of hydrogen-bond acceptors (Lipinski definition) is 4. The van der Waals surface area contributed by atoms with E-state index in [1.54, 1.807) is 24.3 Å². The highest BCUT2D eigenvalue weighted by atomic mass is 33.1. The molecule has 0 saturated heterocycles. The van der Waals surface area contributed by atoms with Crippen LogP contribution >= 0.6 is 22.5 Å². The molecule has 1 rings (SSSR count). The molecule has 0 heterocycles. The summed E-state index contributed by atoms with van der Waals surface area (Å²) in [6.07, 6.45) is 0. The number of carbonyl (C=O) groups is 1. The van der Waals surface area contributed by atoms with Crippen molar-refractivity contribution in [2.45, 2.75) is 0 Å². The van der Waals surface area contributed by atoms with E-state index in [1.807, 2.05) is 0 Å². The number of carbonyl (C=O) groups excluding carboxylic acids is 1. The van der Waals surface area contributed by atoms with Gasteiger partial charge >= 0.3 is 0 Å². The molecular formula is C8H7NOS2. The Hall–Kier alpha value is -0.740. The third-order valence-electron chi connectivity index (χ3n) is 1.35. The zero-order valence-electron chi connectivity index (χ0n) is 6.23. The van der Waals surface area contributed by atoms with E-state index in [0.717, 1.165) is 10.8 Å². The normalized spacial score (nSPS) is 9.42. The summed E-state index contributed by atoms with van der Waals surface area (Å²) in [6.45, 7) is 3.37. The topological polar surface area (TPSA) is 29.4 Å². The molecule has 0 aliphatic heterocycles. The lowest BCUT2D eigenvalue weighted by atomic mass is 10.2. The minimum Gasteiger partial charge on any atom is -0.281 e. The number of benzene rings is 1. The van der Waals surface area contributed by atoms with E-state index in [1.165, 1.54) is 0 Å².